The molecule has 2 atom stereocenters. The Morgan fingerprint density at radius 2 is 2.06 bits per heavy atom. The van der Waals surface area contributed by atoms with Crippen molar-refractivity contribution in [2.45, 2.75) is 37.8 Å². The first kappa shape index (κ1) is 12.9. The SMILES string of the molecule is C1CC2COC(CNCC3CCNCC3)CN2C1. The van der Waals surface area contributed by atoms with Crippen LogP contribution in [-0.2, 0) is 4.74 Å². The van der Waals surface area contributed by atoms with E-state index in [0.717, 1.165) is 31.7 Å². The minimum atomic E-state index is 0.418. The Morgan fingerprint density at radius 3 is 2.94 bits per heavy atom. The van der Waals surface area contributed by atoms with E-state index in [1.54, 1.807) is 0 Å². The molecule has 18 heavy (non-hydrogen) atoms. The van der Waals surface area contributed by atoms with Crippen LogP contribution in [0.2, 0.25) is 0 Å². The van der Waals surface area contributed by atoms with Crippen molar-refractivity contribution in [2.75, 3.05) is 45.9 Å². The van der Waals surface area contributed by atoms with Crippen molar-refractivity contribution in [3.63, 3.8) is 0 Å². The van der Waals surface area contributed by atoms with Crippen molar-refractivity contribution in [3.05, 3.63) is 0 Å². The molecule has 2 unspecified atom stereocenters. The van der Waals surface area contributed by atoms with Crippen molar-refractivity contribution < 1.29 is 4.74 Å². The number of morpholine rings is 1. The predicted molar refractivity (Wildman–Crippen MR) is 72.8 cm³/mol. The first-order chi connectivity index (χ1) is 8.92. The largest absolute Gasteiger partial charge is 0.374 e. The van der Waals surface area contributed by atoms with Crippen LogP contribution < -0.4 is 10.6 Å². The second kappa shape index (κ2) is 6.33. The molecule has 3 fully saturated rings. The molecular formula is C14H27N3O. The van der Waals surface area contributed by atoms with Crippen LogP contribution in [-0.4, -0.2) is 62.9 Å². The van der Waals surface area contributed by atoms with Crippen LogP contribution in [0.15, 0.2) is 0 Å². The average molecular weight is 253 g/mol. The zero-order valence-corrected chi connectivity index (χ0v) is 11.4. The minimum absolute atomic E-state index is 0.418. The standard InChI is InChI=1S/C14H27N3O/c1-2-13-11-18-14(10-17(13)7-1)9-16-8-12-3-5-15-6-4-12/h12-16H,1-11H2. The second-order valence-electron chi connectivity index (χ2n) is 6.10. The second-order valence-corrected chi connectivity index (χ2v) is 6.10. The number of rotatable bonds is 4. The molecule has 0 saturated carbocycles. The lowest BCUT2D eigenvalue weighted by molar-refractivity contribution is -0.0472. The van der Waals surface area contributed by atoms with Crippen LogP contribution in [0.25, 0.3) is 0 Å². The fourth-order valence-corrected chi connectivity index (χ4v) is 3.54. The van der Waals surface area contributed by atoms with Gasteiger partial charge in [-0.2, -0.15) is 0 Å². The number of nitrogens with zero attached hydrogens (tertiary/aromatic N) is 1. The van der Waals surface area contributed by atoms with Gasteiger partial charge in [0.1, 0.15) is 0 Å². The molecule has 4 nitrogen and oxygen atoms in total. The third kappa shape index (κ3) is 3.23. The molecule has 0 aromatic carbocycles. The van der Waals surface area contributed by atoms with Gasteiger partial charge in [0.05, 0.1) is 12.7 Å². The first-order valence-electron chi connectivity index (χ1n) is 7.69. The molecule has 3 aliphatic rings. The zero-order chi connectivity index (χ0) is 12.2. The zero-order valence-electron chi connectivity index (χ0n) is 11.4. The molecule has 0 aromatic heterocycles. The molecule has 0 radical (unpaired) electrons. The number of hydrogen-bond donors (Lipinski definition) is 2. The fourth-order valence-electron chi connectivity index (χ4n) is 3.54. The van der Waals surface area contributed by atoms with Crippen LogP contribution in [0.3, 0.4) is 0 Å². The van der Waals surface area contributed by atoms with Gasteiger partial charge in [-0.3, -0.25) is 4.90 Å². The van der Waals surface area contributed by atoms with Gasteiger partial charge in [0.15, 0.2) is 0 Å². The summed E-state index contributed by atoms with van der Waals surface area (Å²) in [6.45, 7) is 7.99. The topological polar surface area (TPSA) is 36.5 Å². The molecule has 3 saturated heterocycles. The van der Waals surface area contributed by atoms with Crippen molar-refractivity contribution in [2.24, 2.45) is 5.92 Å². The Kier molecular flexibility index (Phi) is 4.52. The van der Waals surface area contributed by atoms with Gasteiger partial charge in [-0.25, -0.2) is 0 Å². The van der Waals surface area contributed by atoms with Gasteiger partial charge in [0, 0.05) is 19.1 Å². The first-order valence-corrected chi connectivity index (χ1v) is 7.69. The van der Waals surface area contributed by atoms with Gasteiger partial charge in [-0.05, 0) is 57.8 Å². The van der Waals surface area contributed by atoms with Gasteiger partial charge in [-0.15, -0.1) is 0 Å². The summed E-state index contributed by atoms with van der Waals surface area (Å²) in [7, 11) is 0. The molecular weight excluding hydrogens is 226 g/mol. The molecule has 3 rings (SSSR count). The monoisotopic (exact) mass is 253 g/mol. The highest BCUT2D eigenvalue weighted by Crippen LogP contribution is 2.22. The van der Waals surface area contributed by atoms with E-state index in [-0.39, 0.29) is 0 Å². The molecule has 0 aliphatic carbocycles. The van der Waals surface area contributed by atoms with Crippen LogP contribution in [0.5, 0.6) is 0 Å². The predicted octanol–water partition coefficient (Wildman–Crippen LogP) is 0.439. The lowest BCUT2D eigenvalue weighted by Gasteiger charge is -2.35. The van der Waals surface area contributed by atoms with E-state index in [1.165, 1.54) is 51.9 Å². The van der Waals surface area contributed by atoms with Gasteiger partial charge in [0.25, 0.3) is 0 Å². The minimum Gasteiger partial charge on any atom is -0.374 e. The smallest absolute Gasteiger partial charge is 0.0826 e. The van der Waals surface area contributed by atoms with E-state index >= 15 is 0 Å². The summed E-state index contributed by atoms with van der Waals surface area (Å²) in [5.74, 6) is 0.870. The summed E-state index contributed by atoms with van der Waals surface area (Å²) in [4.78, 5) is 2.63. The number of fused-ring (bicyclic) bond motifs is 1. The van der Waals surface area contributed by atoms with Crippen molar-refractivity contribution in [1.29, 1.82) is 0 Å². The van der Waals surface area contributed by atoms with Crippen LogP contribution >= 0.6 is 0 Å². The van der Waals surface area contributed by atoms with Gasteiger partial charge in [0.2, 0.25) is 0 Å². The summed E-state index contributed by atoms with van der Waals surface area (Å²) in [6.07, 6.45) is 5.78. The van der Waals surface area contributed by atoms with Gasteiger partial charge < -0.3 is 15.4 Å². The fraction of sp³-hybridized carbons (Fsp3) is 1.00. The van der Waals surface area contributed by atoms with E-state index < -0.39 is 0 Å². The Balaban J connectivity index is 1.33. The van der Waals surface area contributed by atoms with E-state index in [1.807, 2.05) is 0 Å². The molecule has 104 valence electrons. The van der Waals surface area contributed by atoms with E-state index in [2.05, 4.69) is 15.5 Å². The van der Waals surface area contributed by atoms with Crippen LogP contribution in [0.4, 0.5) is 0 Å². The quantitative estimate of drug-likeness (QED) is 0.762. The Labute approximate surface area is 110 Å². The summed E-state index contributed by atoms with van der Waals surface area (Å²) in [5.41, 5.74) is 0. The van der Waals surface area contributed by atoms with E-state index in [9.17, 15) is 0 Å². The highest BCUT2D eigenvalue weighted by Gasteiger charge is 2.31. The lowest BCUT2D eigenvalue weighted by atomic mass is 9.98. The number of nitrogens with one attached hydrogen (secondary N) is 2. The molecule has 0 aromatic rings. The molecule has 3 heterocycles. The summed E-state index contributed by atoms with van der Waals surface area (Å²) in [5, 5.41) is 7.05. The third-order valence-electron chi connectivity index (χ3n) is 4.73. The average Bonchev–Trinajstić information content (AvgIpc) is 2.87. The van der Waals surface area contributed by atoms with Crippen LogP contribution in [0, 0.1) is 5.92 Å². The normalized spacial score (nSPS) is 34.7. The molecule has 0 bridgehead atoms. The Morgan fingerprint density at radius 1 is 1.17 bits per heavy atom. The van der Waals surface area contributed by atoms with Crippen molar-refractivity contribution in [3.8, 4) is 0 Å². The number of ether oxygens (including phenoxy) is 1. The van der Waals surface area contributed by atoms with E-state index in [0.29, 0.717) is 6.10 Å². The van der Waals surface area contributed by atoms with Crippen molar-refractivity contribution in [1.82, 2.24) is 15.5 Å². The molecule has 0 amide bonds. The Bertz CT molecular complexity index is 255. The maximum atomic E-state index is 5.96. The van der Waals surface area contributed by atoms with Crippen molar-refractivity contribution >= 4 is 0 Å². The summed E-state index contributed by atoms with van der Waals surface area (Å²) >= 11 is 0. The maximum Gasteiger partial charge on any atom is 0.0826 e. The van der Waals surface area contributed by atoms with Gasteiger partial charge in [-0.1, -0.05) is 0 Å². The Hall–Kier alpha value is -0.160. The summed E-state index contributed by atoms with van der Waals surface area (Å²) in [6, 6.07) is 0.727. The maximum absolute atomic E-state index is 5.96. The van der Waals surface area contributed by atoms with E-state index in [4.69, 9.17) is 4.74 Å². The highest BCUT2D eigenvalue weighted by molar-refractivity contribution is 4.86. The number of hydrogen-bond acceptors (Lipinski definition) is 4. The molecule has 2 N–H and O–H groups in total. The third-order valence-corrected chi connectivity index (χ3v) is 4.73. The molecule has 3 aliphatic heterocycles. The molecule has 4 heteroatoms. The summed E-state index contributed by atoms with van der Waals surface area (Å²) < 4.78 is 5.96. The lowest BCUT2D eigenvalue weighted by Crippen LogP contribution is -2.50. The number of piperidine rings is 1. The highest BCUT2D eigenvalue weighted by atomic mass is 16.5. The van der Waals surface area contributed by atoms with Gasteiger partial charge >= 0.3 is 0 Å². The van der Waals surface area contributed by atoms with Crippen LogP contribution in [0.1, 0.15) is 25.7 Å². The molecule has 0 spiro atoms.